The number of hydrogen-bond acceptors (Lipinski definition) is 3. The lowest BCUT2D eigenvalue weighted by atomic mass is 10.3. The first kappa shape index (κ1) is 14.9. The van der Waals surface area contributed by atoms with Crippen molar-refractivity contribution in [3.05, 3.63) is 46.2 Å². The molecule has 1 aromatic carbocycles. The van der Waals surface area contributed by atoms with Crippen LogP contribution in [0.3, 0.4) is 0 Å². The molecule has 0 radical (unpaired) electrons. The highest BCUT2D eigenvalue weighted by Crippen LogP contribution is 2.25. The number of nitrogens with one attached hydrogen (secondary N) is 2. The SMILES string of the molecule is NS(=O)(=O)c1ccc(Cl)c(NC(=O)c2cc(Cl)c[nH]2)c1. The Morgan fingerprint density at radius 1 is 1.25 bits per heavy atom. The second-order valence-electron chi connectivity index (χ2n) is 3.87. The van der Waals surface area contributed by atoms with Crippen molar-refractivity contribution in [2.45, 2.75) is 4.90 Å². The Morgan fingerprint density at radius 3 is 2.50 bits per heavy atom. The third-order valence-electron chi connectivity index (χ3n) is 2.41. The number of amides is 1. The van der Waals surface area contributed by atoms with E-state index in [0.717, 1.165) is 0 Å². The maximum absolute atomic E-state index is 11.9. The van der Waals surface area contributed by atoms with Crippen molar-refractivity contribution < 1.29 is 13.2 Å². The number of anilines is 1. The number of sulfonamides is 1. The minimum absolute atomic E-state index is 0.133. The lowest BCUT2D eigenvalue weighted by molar-refractivity contribution is 0.102. The highest BCUT2D eigenvalue weighted by atomic mass is 35.5. The van der Waals surface area contributed by atoms with Crippen LogP contribution in [0, 0.1) is 0 Å². The summed E-state index contributed by atoms with van der Waals surface area (Å²) in [5, 5.41) is 8.04. The molecule has 20 heavy (non-hydrogen) atoms. The fourth-order valence-electron chi connectivity index (χ4n) is 1.47. The molecule has 1 aromatic heterocycles. The van der Waals surface area contributed by atoms with Gasteiger partial charge in [-0.2, -0.15) is 0 Å². The van der Waals surface area contributed by atoms with E-state index < -0.39 is 15.9 Å². The number of H-pyrrole nitrogens is 1. The molecular weight excluding hydrogens is 325 g/mol. The number of rotatable bonds is 3. The van der Waals surface area contributed by atoms with Crippen LogP contribution in [-0.2, 0) is 10.0 Å². The van der Waals surface area contributed by atoms with Crippen molar-refractivity contribution in [1.82, 2.24) is 4.98 Å². The van der Waals surface area contributed by atoms with Gasteiger partial charge in [-0.3, -0.25) is 4.79 Å². The molecule has 9 heteroatoms. The summed E-state index contributed by atoms with van der Waals surface area (Å²) in [6, 6.07) is 5.19. The third kappa shape index (κ3) is 3.31. The van der Waals surface area contributed by atoms with Gasteiger partial charge in [-0.25, -0.2) is 13.6 Å². The van der Waals surface area contributed by atoms with E-state index in [1.54, 1.807) is 0 Å². The summed E-state index contributed by atoms with van der Waals surface area (Å²) in [5.74, 6) is -0.509. The van der Waals surface area contributed by atoms with E-state index in [4.69, 9.17) is 28.3 Å². The van der Waals surface area contributed by atoms with Crippen LogP contribution in [0.25, 0.3) is 0 Å². The Hall–Kier alpha value is -1.54. The fraction of sp³-hybridized carbons (Fsp3) is 0. The number of nitrogens with two attached hydrogens (primary N) is 1. The summed E-state index contributed by atoms with van der Waals surface area (Å²) in [4.78, 5) is 14.4. The number of carbonyl (C=O) groups is 1. The number of aromatic amines is 1. The minimum Gasteiger partial charge on any atom is -0.356 e. The first-order chi connectivity index (χ1) is 9.27. The van der Waals surface area contributed by atoms with E-state index in [-0.39, 0.29) is 21.3 Å². The Bertz CT molecular complexity index is 771. The first-order valence-corrected chi connectivity index (χ1v) is 7.55. The summed E-state index contributed by atoms with van der Waals surface area (Å²) < 4.78 is 22.5. The maximum atomic E-state index is 11.9. The molecule has 0 unspecified atom stereocenters. The van der Waals surface area contributed by atoms with Gasteiger partial charge >= 0.3 is 0 Å². The van der Waals surface area contributed by atoms with Crippen LogP contribution in [0.4, 0.5) is 5.69 Å². The van der Waals surface area contributed by atoms with Gasteiger partial charge in [0.1, 0.15) is 5.69 Å². The molecule has 106 valence electrons. The van der Waals surface area contributed by atoms with E-state index in [9.17, 15) is 13.2 Å². The van der Waals surface area contributed by atoms with Gasteiger partial charge in [-0.1, -0.05) is 23.2 Å². The summed E-state index contributed by atoms with van der Waals surface area (Å²) in [6.45, 7) is 0. The van der Waals surface area contributed by atoms with Crippen molar-refractivity contribution in [3.63, 3.8) is 0 Å². The van der Waals surface area contributed by atoms with E-state index in [1.165, 1.54) is 30.5 Å². The maximum Gasteiger partial charge on any atom is 0.272 e. The molecule has 0 saturated carbocycles. The lowest BCUT2D eigenvalue weighted by Crippen LogP contribution is -2.15. The number of benzene rings is 1. The molecular formula is C11H9Cl2N3O3S. The van der Waals surface area contributed by atoms with Crippen LogP contribution in [0.5, 0.6) is 0 Å². The normalized spacial score (nSPS) is 11.3. The van der Waals surface area contributed by atoms with E-state index in [2.05, 4.69) is 10.3 Å². The molecule has 0 saturated heterocycles. The molecule has 1 amide bonds. The molecule has 0 spiro atoms. The predicted molar refractivity (Wildman–Crippen MR) is 76.6 cm³/mol. The highest BCUT2D eigenvalue weighted by Gasteiger charge is 2.14. The smallest absolute Gasteiger partial charge is 0.272 e. The van der Waals surface area contributed by atoms with Crippen LogP contribution in [0.2, 0.25) is 10.0 Å². The Morgan fingerprint density at radius 2 is 1.95 bits per heavy atom. The second kappa shape index (κ2) is 5.45. The van der Waals surface area contributed by atoms with Crippen LogP contribution in [0.15, 0.2) is 35.4 Å². The third-order valence-corrected chi connectivity index (χ3v) is 3.87. The Labute approximate surface area is 124 Å². The van der Waals surface area contributed by atoms with Crippen molar-refractivity contribution in [3.8, 4) is 0 Å². The van der Waals surface area contributed by atoms with E-state index in [1.807, 2.05) is 0 Å². The van der Waals surface area contributed by atoms with Crippen molar-refractivity contribution in [2.24, 2.45) is 5.14 Å². The molecule has 1 heterocycles. The Balaban J connectivity index is 2.31. The van der Waals surface area contributed by atoms with Crippen molar-refractivity contribution >= 4 is 44.8 Å². The zero-order valence-corrected chi connectivity index (χ0v) is 12.2. The van der Waals surface area contributed by atoms with E-state index in [0.29, 0.717) is 5.02 Å². The number of halogens is 2. The quantitative estimate of drug-likeness (QED) is 0.801. The highest BCUT2D eigenvalue weighted by molar-refractivity contribution is 7.89. The molecule has 0 bridgehead atoms. The number of hydrogen-bond donors (Lipinski definition) is 3. The number of aromatic nitrogens is 1. The Kier molecular flexibility index (Phi) is 4.05. The molecule has 0 atom stereocenters. The van der Waals surface area contributed by atoms with Gasteiger partial charge in [0.2, 0.25) is 10.0 Å². The zero-order chi connectivity index (χ0) is 14.9. The molecule has 0 aliphatic carbocycles. The van der Waals surface area contributed by atoms with Gasteiger partial charge in [-0.05, 0) is 24.3 Å². The average Bonchev–Trinajstić information content (AvgIpc) is 2.77. The summed E-state index contributed by atoms with van der Waals surface area (Å²) in [6.07, 6.45) is 1.44. The largest absolute Gasteiger partial charge is 0.356 e. The van der Waals surface area contributed by atoms with Crippen LogP contribution < -0.4 is 10.5 Å². The summed E-state index contributed by atoms with van der Waals surface area (Å²) in [5.41, 5.74) is 0.348. The van der Waals surface area contributed by atoms with Crippen LogP contribution >= 0.6 is 23.2 Å². The van der Waals surface area contributed by atoms with Gasteiger partial charge in [0.15, 0.2) is 0 Å². The minimum atomic E-state index is -3.88. The average molecular weight is 334 g/mol. The van der Waals surface area contributed by atoms with Crippen molar-refractivity contribution in [1.29, 1.82) is 0 Å². The molecule has 6 nitrogen and oxygen atoms in total. The molecule has 2 aromatic rings. The van der Waals surface area contributed by atoms with Crippen molar-refractivity contribution in [2.75, 3.05) is 5.32 Å². The second-order valence-corrected chi connectivity index (χ2v) is 6.28. The van der Waals surface area contributed by atoms with Gasteiger partial charge < -0.3 is 10.3 Å². The van der Waals surface area contributed by atoms with Gasteiger partial charge in [0, 0.05) is 6.20 Å². The van der Waals surface area contributed by atoms with Gasteiger partial charge in [0.25, 0.3) is 5.91 Å². The van der Waals surface area contributed by atoms with E-state index >= 15 is 0 Å². The lowest BCUT2D eigenvalue weighted by Gasteiger charge is -2.08. The molecule has 0 fully saturated rings. The fourth-order valence-corrected chi connectivity index (χ4v) is 2.33. The zero-order valence-electron chi connectivity index (χ0n) is 9.85. The van der Waals surface area contributed by atoms with Crippen LogP contribution in [0.1, 0.15) is 10.5 Å². The van der Waals surface area contributed by atoms with Gasteiger partial charge in [0.05, 0.1) is 20.6 Å². The molecule has 2 rings (SSSR count). The topological polar surface area (TPSA) is 105 Å². The number of carbonyl (C=O) groups excluding carboxylic acids is 1. The standard InChI is InChI=1S/C11H9Cl2N3O3S/c12-6-3-10(15-5-6)11(17)16-9-4-7(20(14,18)19)1-2-8(9)13/h1-5,15H,(H,16,17)(H2,14,18,19). The molecule has 4 N–H and O–H groups in total. The predicted octanol–water partition coefficient (Wildman–Crippen LogP) is 2.22. The molecule has 0 aliphatic heterocycles. The van der Waals surface area contributed by atoms with Crippen LogP contribution in [-0.4, -0.2) is 19.3 Å². The monoisotopic (exact) mass is 333 g/mol. The summed E-state index contributed by atoms with van der Waals surface area (Å²) in [7, 11) is -3.88. The number of primary sulfonamides is 1. The molecule has 0 aliphatic rings. The first-order valence-electron chi connectivity index (χ1n) is 5.25. The van der Waals surface area contributed by atoms with Gasteiger partial charge in [-0.15, -0.1) is 0 Å². The summed E-state index contributed by atoms with van der Waals surface area (Å²) >= 11 is 11.6.